The van der Waals surface area contributed by atoms with Gasteiger partial charge in [-0.25, -0.2) is 9.78 Å². The fraction of sp³-hybridized carbons (Fsp3) is 0.250. The highest BCUT2D eigenvalue weighted by Crippen LogP contribution is 2.23. The van der Waals surface area contributed by atoms with Crippen LogP contribution in [0.3, 0.4) is 0 Å². The number of aromatic amines is 1. The van der Waals surface area contributed by atoms with Crippen molar-refractivity contribution in [3.8, 4) is 5.13 Å². The lowest BCUT2D eigenvalue weighted by Crippen LogP contribution is -2.42. The molecule has 0 aliphatic rings. The molecular formula is C24H24N4O4S. The zero-order valence-corrected chi connectivity index (χ0v) is 19.4. The van der Waals surface area contributed by atoms with Crippen molar-refractivity contribution in [1.82, 2.24) is 19.9 Å². The molecule has 0 spiro atoms. The number of para-hydroxylation sites is 1. The summed E-state index contributed by atoms with van der Waals surface area (Å²) in [5.74, 6) is -1.32. The van der Waals surface area contributed by atoms with Crippen LogP contribution in [-0.2, 0) is 20.7 Å². The van der Waals surface area contributed by atoms with Gasteiger partial charge in [0.15, 0.2) is 11.7 Å². The van der Waals surface area contributed by atoms with E-state index < -0.39 is 18.6 Å². The lowest BCUT2D eigenvalue weighted by Gasteiger charge is -2.16. The molecule has 0 saturated carbocycles. The molecule has 1 aromatic carbocycles. The quantitative estimate of drug-likeness (QED) is 0.307. The number of benzene rings is 1. The van der Waals surface area contributed by atoms with E-state index >= 15 is 0 Å². The first-order valence-corrected chi connectivity index (χ1v) is 11.3. The summed E-state index contributed by atoms with van der Waals surface area (Å²) < 4.78 is 7.24. The molecule has 0 saturated heterocycles. The molecule has 3 aromatic heterocycles. The Labute approximate surface area is 194 Å². The number of fused-ring (bicyclic) bond motifs is 1. The molecule has 2 N–H and O–H groups in total. The molecule has 4 aromatic rings. The Morgan fingerprint density at radius 1 is 1.24 bits per heavy atom. The van der Waals surface area contributed by atoms with Crippen LogP contribution in [0.1, 0.15) is 34.2 Å². The second-order valence-corrected chi connectivity index (χ2v) is 8.66. The molecule has 0 aliphatic carbocycles. The Morgan fingerprint density at radius 3 is 2.76 bits per heavy atom. The number of Topliss-reactive ketones (excluding diaryl/α,β-unsaturated/α-hetero) is 1. The van der Waals surface area contributed by atoms with E-state index in [2.05, 4.69) is 15.3 Å². The Morgan fingerprint density at radius 2 is 2.03 bits per heavy atom. The number of carbonyl (C=O) groups is 3. The lowest BCUT2D eigenvalue weighted by atomic mass is 10.0. The highest BCUT2D eigenvalue weighted by molar-refractivity contribution is 7.12. The maximum absolute atomic E-state index is 12.8. The molecule has 170 valence electrons. The first-order valence-electron chi connectivity index (χ1n) is 10.5. The van der Waals surface area contributed by atoms with Crippen molar-refractivity contribution in [2.24, 2.45) is 0 Å². The van der Waals surface area contributed by atoms with Crippen LogP contribution in [0.25, 0.3) is 16.0 Å². The van der Waals surface area contributed by atoms with E-state index in [1.807, 2.05) is 54.3 Å². The number of thiazole rings is 1. The van der Waals surface area contributed by atoms with Crippen LogP contribution < -0.4 is 5.32 Å². The van der Waals surface area contributed by atoms with E-state index in [4.69, 9.17) is 4.74 Å². The zero-order valence-electron chi connectivity index (χ0n) is 18.5. The van der Waals surface area contributed by atoms with Gasteiger partial charge in [-0.15, -0.1) is 11.3 Å². The van der Waals surface area contributed by atoms with Crippen molar-refractivity contribution in [3.05, 3.63) is 70.6 Å². The van der Waals surface area contributed by atoms with E-state index in [9.17, 15) is 14.4 Å². The van der Waals surface area contributed by atoms with Gasteiger partial charge >= 0.3 is 5.97 Å². The van der Waals surface area contributed by atoms with Gasteiger partial charge in [0.25, 0.3) is 0 Å². The largest absolute Gasteiger partial charge is 0.456 e. The Bertz CT molecular complexity index is 1320. The molecule has 0 aliphatic heterocycles. The van der Waals surface area contributed by atoms with Crippen LogP contribution in [0, 0.1) is 13.8 Å². The number of esters is 1. The molecule has 0 radical (unpaired) electrons. The van der Waals surface area contributed by atoms with Crippen LogP contribution in [0.4, 0.5) is 0 Å². The first-order chi connectivity index (χ1) is 15.8. The SMILES string of the molecule is CC(=O)N[C@@H](Cc1c[nH]c2ccccc12)C(=O)OCC(=O)c1cc(C)n(-c2nccs2)c1C. The van der Waals surface area contributed by atoms with Gasteiger partial charge in [0, 0.05) is 59.0 Å². The molecule has 0 unspecified atom stereocenters. The number of aryl methyl sites for hydroxylation is 1. The third kappa shape index (κ3) is 4.73. The van der Waals surface area contributed by atoms with Crippen molar-refractivity contribution in [1.29, 1.82) is 0 Å². The summed E-state index contributed by atoms with van der Waals surface area (Å²) in [6.07, 6.45) is 3.76. The molecule has 8 nitrogen and oxygen atoms in total. The molecule has 1 atom stereocenters. The van der Waals surface area contributed by atoms with Gasteiger partial charge < -0.3 is 15.0 Å². The van der Waals surface area contributed by atoms with Crippen LogP contribution in [0.2, 0.25) is 0 Å². The molecule has 0 fully saturated rings. The van der Waals surface area contributed by atoms with Gasteiger partial charge in [0.2, 0.25) is 11.7 Å². The summed E-state index contributed by atoms with van der Waals surface area (Å²) in [4.78, 5) is 44.8. The van der Waals surface area contributed by atoms with E-state index in [1.54, 1.807) is 12.3 Å². The zero-order chi connectivity index (χ0) is 23.5. The second-order valence-electron chi connectivity index (χ2n) is 7.78. The summed E-state index contributed by atoms with van der Waals surface area (Å²) in [7, 11) is 0. The van der Waals surface area contributed by atoms with Gasteiger partial charge in [-0.2, -0.15) is 0 Å². The molecule has 4 rings (SSSR count). The fourth-order valence-electron chi connectivity index (χ4n) is 3.94. The maximum Gasteiger partial charge on any atom is 0.329 e. The smallest absolute Gasteiger partial charge is 0.329 e. The third-order valence-electron chi connectivity index (χ3n) is 5.45. The predicted molar refractivity (Wildman–Crippen MR) is 126 cm³/mol. The molecule has 0 bridgehead atoms. The summed E-state index contributed by atoms with van der Waals surface area (Å²) >= 11 is 1.47. The number of carbonyl (C=O) groups excluding carboxylic acids is 3. The Hall–Kier alpha value is -3.72. The number of amides is 1. The van der Waals surface area contributed by atoms with Gasteiger partial charge in [0.05, 0.1) is 0 Å². The van der Waals surface area contributed by atoms with E-state index in [-0.39, 0.29) is 18.1 Å². The number of aromatic nitrogens is 3. The predicted octanol–water partition coefficient (Wildman–Crippen LogP) is 3.51. The summed E-state index contributed by atoms with van der Waals surface area (Å²) in [6, 6.07) is 8.57. The number of ether oxygens (including phenoxy) is 1. The maximum atomic E-state index is 12.8. The Balaban J connectivity index is 1.47. The average Bonchev–Trinajstić information content (AvgIpc) is 3.51. The van der Waals surface area contributed by atoms with Crippen LogP contribution in [0.15, 0.2) is 48.1 Å². The minimum absolute atomic E-state index is 0.245. The monoisotopic (exact) mass is 464 g/mol. The summed E-state index contributed by atoms with van der Waals surface area (Å²) in [5.41, 5.74) is 3.89. The van der Waals surface area contributed by atoms with Crippen molar-refractivity contribution in [3.63, 3.8) is 0 Å². The van der Waals surface area contributed by atoms with E-state index in [1.165, 1.54) is 18.3 Å². The number of hydrogen-bond acceptors (Lipinski definition) is 6. The van der Waals surface area contributed by atoms with Crippen molar-refractivity contribution in [2.75, 3.05) is 6.61 Å². The number of ketones is 1. The number of nitrogens with one attached hydrogen (secondary N) is 2. The number of rotatable bonds is 8. The van der Waals surface area contributed by atoms with Gasteiger partial charge in [-0.1, -0.05) is 18.2 Å². The third-order valence-corrected chi connectivity index (χ3v) is 6.21. The number of hydrogen-bond donors (Lipinski definition) is 2. The van der Waals surface area contributed by atoms with E-state index in [0.717, 1.165) is 33.0 Å². The average molecular weight is 465 g/mol. The standard InChI is InChI=1S/C24H24N4O4S/c1-14-10-19(15(2)28(14)24-25-8-9-33-24)22(30)13-32-23(31)21(27-16(3)29)11-17-12-26-20-7-5-4-6-18(17)20/h4-10,12,21,26H,11,13H2,1-3H3,(H,27,29)/t21-/m0/s1. The number of H-pyrrole nitrogens is 1. The Kier molecular flexibility index (Phi) is 6.41. The van der Waals surface area contributed by atoms with Crippen molar-refractivity contribution in [2.45, 2.75) is 33.2 Å². The van der Waals surface area contributed by atoms with Crippen molar-refractivity contribution < 1.29 is 19.1 Å². The van der Waals surface area contributed by atoms with Crippen molar-refractivity contribution >= 4 is 39.9 Å². The highest BCUT2D eigenvalue weighted by atomic mass is 32.1. The second kappa shape index (κ2) is 9.41. The van der Waals surface area contributed by atoms with Crippen LogP contribution in [-0.4, -0.2) is 44.8 Å². The minimum atomic E-state index is -0.905. The van der Waals surface area contributed by atoms with E-state index in [0.29, 0.717) is 5.56 Å². The van der Waals surface area contributed by atoms with Crippen LogP contribution >= 0.6 is 11.3 Å². The molecular weight excluding hydrogens is 440 g/mol. The molecule has 3 heterocycles. The normalized spacial score (nSPS) is 12.0. The summed E-state index contributed by atoms with van der Waals surface area (Å²) in [5, 5.41) is 6.24. The number of nitrogens with zero attached hydrogens (tertiary/aromatic N) is 2. The lowest BCUT2D eigenvalue weighted by molar-refractivity contribution is -0.146. The van der Waals surface area contributed by atoms with Gasteiger partial charge in [0.1, 0.15) is 6.04 Å². The summed E-state index contributed by atoms with van der Waals surface area (Å²) in [6.45, 7) is 4.66. The fourth-order valence-corrected chi connectivity index (χ4v) is 4.69. The van der Waals surface area contributed by atoms with Gasteiger partial charge in [-0.3, -0.25) is 14.2 Å². The topological polar surface area (TPSA) is 106 Å². The molecule has 33 heavy (non-hydrogen) atoms. The first kappa shape index (κ1) is 22.5. The van der Waals surface area contributed by atoms with Gasteiger partial charge in [-0.05, 0) is 31.5 Å². The molecule has 1 amide bonds. The highest BCUT2D eigenvalue weighted by Gasteiger charge is 2.25. The minimum Gasteiger partial charge on any atom is -0.456 e. The van der Waals surface area contributed by atoms with Crippen LogP contribution in [0.5, 0.6) is 0 Å². The molecule has 9 heteroatoms.